The fraction of sp³-hybridized carbons (Fsp3) is 0.188. The highest BCUT2D eigenvalue weighted by atomic mass is 16.5. The van der Waals surface area contributed by atoms with Crippen LogP contribution in [0.4, 0.5) is 0 Å². The minimum atomic E-state index is -1.33. The summed E-state index contributed by atoms with van der Waals surface area (Å²) in [5.74, 6) is -0.0876. The second-order valence-corrected chi connectivity index (χ2v) is 5.07. The molecule has 0 aromatic heterocycles. The highest BCUT2D eigenvalue weighted by Crippen LogP contribution is 2.38. The van der Waals surface area contributed by atoms with E-state index in [-0.39, 0.29) is 22.8 Å². The third kappa shape index (κ3) is 2.21. The van der Waals surface area contributed by atoms with Crippen LogP contribution in [0.25, 0.3) is 0 Å². The maximum atomic E-state index is 12.3. The number of aliphatic hydroxyl groups excluding tert-OH is 1. The van der Waals surface area contributed by atoms with Crippen molar-refractivity contribution in [1.29, 1.82) is 0 Å². The van der Waals surface area contributed by atoms with Crippen LogP contribution in [-0.4, -0.2) is 27.2 Å². The molecule has 0 saturated heterocycles. The van der Waals surface area contributed by atoms with E-state index in [1.165, 1.54) is 24.3 Å². The summed E-state index contributed by atoms with van der Waals surface area (Å²) in [7, 11) is 0. The molecular weight excluding hydrogens is 272 g/mol. The minimum Gasteiger partial charge on any atom is -0.508 e. The monoisotopic (exact) mass is 286 g/mol. The SMILES string of the molecule is Cc1cc2c(cc1O)O[C@H](c1ccc(O)cc1)[C@@H](O)C2=O. The molecular formula is C16H14O5. The minimum absolute atomic E-state index is 0.0300. The van der Waals surface area contributed by atoms with Crippen LogP contribution in [0.15, 0.2) is 36.4 Å². The molecule has 0 amide bonds. The van der Waals surface area contributed by atoms with Crippen LogP contribution in [0.5, 0.6) is 17.2 Å². The number of rotatable bonds is 1. The number of ketones is 1. The first-order valence-electron chi connectivity index (χ1n) is 6.49. The lowest BCUT2D eigenvalue weighted by atomic mass is 9.92. The third-order valence-electron chi connectivity index (χ3n) is 3.59. The molecule has 0 saturated carbocycles. The van der Waals surface area contributed by atoms with Crippen molar-refractivity contribution in [3.8, 4) is 17.2 Å². The van der Waals surface area contributed by atoms with E-state index in [1.807, 2.05) is 0 Å². The summed E-state index contributed by atoms with van der Waals surface area (Å²) in [6.07, 6.45) is -2.20. The lowest BCUT2D eigenvalue weighted by Crippen LogP contribution is -2.36. The van der Waals surface area contributed by atoms with Gasteiger partial charge in [0.1, 0.15) is 17.2 Å². The second kappa shape index (κ2) is 4.79. The van der Waals surface area contributed by atoms with Gasteiger partial charge >= 0.3 is 0 Å². The average molecular weight is 286 g/mol. The van der Waals surface area contributed by atoms with E-state index in [0.717, 1.165) is 0 Å². The van der Waals surface area contributed by atoms with E-state index in [4.69, 9.17) is 4.74 Å². The van der Waals surface area contributed by atoms with Gasteiger partial charge in [-0.3, -0.25) is 4.79 Å². The van der Waals surface area contributed by atoms with Gasteiger partial charge in [0.25, 0.3) is 0 Å². The van der Waals surface area contributed by atoms with Crippen molar-refractivity contribution >= 4 is 5.78 Å². The number of Topliss-reactive ketones (excluding diaryl/α,β-unsaturated/α-hetero) is 1. The zero-order valence-corrected chi connectivity index (χ0v) is 11.3. The van der Waals surface area contributed by atoms with Crippen LogP contribution >= 0.6 is 0 Å². The fourth-order valence-corrected chi connectivity index (χ4v) is 2.38. The van der Waals surface area contributed by atoms with Crippen molar-refractivity contribution in [2.45, 2.75) is 19.1 Å². The van der Waals surface area contributed by atoms with Crippen molar-refractivity contribution in [2.75, 3.05) is 0 Å². The number of aryl methyl sites for hydroxylation is 1. The first kappa shape index (κ1) is 13.5. The number of carbonyl (C=O) groups is 1. The Morgan fingerprint density at radius 1 is 1.10 bits per heavy atom. The number of ether oxygens (including phenoxy) is 1. The summed E-state index contributed by atoms with van der Waals surface area (Å²) in [6, 6.07) is 8.95. The quantitative estimate of drug-likeness (QED) is 0.747. The van der Waals surface area contributed by atoms with Crippen molar-refractivity contribution in [3.63, 3.8) is 0 Å². The molecule has 5 nitrogen and oxygen atoms in total. The van der Waals surface area contributed by atoms with Crippen LogP contribution in [0.1, 0.15) is 27.6 Å². The van der Waals surface area contributed by atoms with Crippen molar-refractivity contribution in [2.24, 2.45) is 0 Å². The number of aromatic hydroxyl groups is 2. The van der Waals surface area contributed by atoms with Crippen LogP contribution in [0.2, 0.25) is 0 Å². The molecule has 3 N–H and O–H groups in total. The number of phenols is 2. The first-order valence-corrected chi connectivity index (χ1v) is 6.49. The zero-order chi connectivity index (χ0) is 15.1. The number of carbonyl (C=O) groups excluding carboxylic acids is 1. The fourth-order valence-electron chi connectivity index (χ4n) is 2.38. The van der Waals surface area contributed by atoms with Gasteiger partial charge in [-0.2, -0.15) is 0 Å². The van der Waals surface area contributed by atoms with E-state index in [9.17, 15) is 20.1 Å². The van der Waals surface area contributed by atoms with E-state index in [2.05, 4.69) is 0 Å². The third-order valence-corrected chi connectivity index (χ3v) is 3.59. The molecule has 0 aliphatic carbocycles. The Balaban J connectivity index is 2.04. The molecule has 21 heavy (non-hydrogen) atoms. The maximum absolute atomic E-state index is 12.3. The van der Waals surface area contributed by atoms with Crippen molar-refractivity contribution in [3.05, 3.63) is 53.1 Å². The average Bonchev–Trinajstić information content (AvgIpc) is 2.46. The lowest BCUT2D eigenvalue weighted by molar-refractivity contribution is 0.0215. The van der Waals surface area contributed by atoms with Crippen molar-refractivity contribution < 1.29 is 24.9 Å². The topological polar surface area (TPSA) is 87.0 Å². The molecule has 0 bridgehead atoms. The van der Waals surface area contributed by atoms with Gasteiger partial charge in [-0.1, -0.05) is 12.1 Å². The number of benzene rings is 2. The van der Waals surface area contributed by atoms with Gasteiger partial charge in [0.05, 0.1) is 5.56 Å². The molecule has 5 heteroatoms. The molecule has 2 aromatic rings. The van der Waals surface area contributed by atoms with Gasteiger partial charge < -0.3 is 20.1 Å². The zero-order valence-electron chi connectivity index (χ0n) is 11.3. The number of phenolic OH excluding ortho intramolecular Hbond substituents is 2. The smallest absolute Gasteiger partial charge is 0.199 e. The molecule has 0 spiro atoms. The number of fused-ring (bicyclic) bond motifs is 1. The van der Waals surface area contributed by atoms with Crippen molar-refractivity contribution in [1.82, 2.24) is 0 Å². The number of aliphatic hydroxyl groups is 1. The summed E-state index contributed by atoms with van der Waals surface area (Å²) in [4.78, 5) is 12.3. The van der Waals surface area contributed by atoms with Gasteiger partial charge in [0.2, 0.25) is 0 Å². The Bertz CT molecular complexity index is 705. The van der Waals surface area contributed by atoms with E-state index in [0.29, 0.717) is 11.1 Å². The first-order chi connectivity index (χ1) is 9.97. The Labute approximate surface area is 121 Å². The number of hydrogen-bond donors (Lipinski definition) is 3. The predicted molar refractivity (Wildman–Crippen MR) is 74.7 cm³/mol. The molecule has 2 atom stereocenters. The molecule has 2 aromatic carbocycles. The maximum Gasteiger partial charge on any atom is 0.199 e. The van der Waals surface area contributed by atoms with Gasteiger partial charge in [-0.15, -0.1) is 0 Å². The largest absolute Gasteiger partial charge is 0.508 e. The lowest BCUT2D eigenvalue weighted by Gasteiger charge is -2.30. The van der Waals surface area contributed by atoms with Crippen LogP contribution < -0.4 is 4.74 Å². The molecule has 3 rings (SSSR count). The van der Waals surface area contributed by atoms with Gasteiger partial charge in [-0.05, 0) is 36.2 Å². The highest BCUT2D eigenvalue weighted by molar-refractivity contribution is 6.03. The molecule has 1 heterocycles. The predicted octanol–water partition coefficient (Wildman–Crippen LogP) is 2.08. The normalized spacial score (nSPS) is 20.8. The summed E-state index contributed by atoms with van der Waals surface area (Å²) in [6.45, 7) is 1.67. The summed E-state index contributed by atoms with van der Waals surface area (Å²) >= 11 is 0. The standard InChI is InChI=1S/C16H14O5/c1-8-6-11-13(7-12(8)18)21-16(15(20)14(11)19)9-2-4-10(17)5-3-9/h2-7,15-18,20H,1H3/t15-,16+/m0/s1. The molecule has 108 valence electrons. The van der Waals surface area contributed by atoms with Gasteiger partial charge in [-0.25, -0.2) is 0 Å². The Morgan fingerprint density at radius 3 is 2.43 bits per heavy atom. The highest BCUT2D eigenvalue weighted by Gasteiger charge is 2.37. The molecule has 0 radical (unpaired) electrons. The summed E-state index contributed by atoms with van der Waals surface area (Å²) in [5.41, 5.74) is 1.37. The molecule has 0 unspecified atom stereocenters. The van der Waals surface area contributed by atoms with E-state index in [1.54, 1.807) is 19.1 Å². The van der Waals surface area contributed by atoms with Gasteiger partial charge in [0.15, 0.2) is 18.0 Å². The van der Waals surface area contributed by atoms with Crippen LogP contribution in [0.3, 0.4) is 0 Å². The van der Waals surface area contributed by atoms with E-state index >= 15 is 0 Å². The molecule has 1 aliphatic rings. The second-order valence-electron chi connectivity index (χ2n) is 5.07. The molecule has 0 fully saturated rings. The van der Waals surface area contributed by atoms with E-state index < -0.39 is 18.0 Å². The Hall–Kier alpha value is -2.53. The molecule has 1 aliphatic heterocycles. The van der Waals surface area contributed by atoms with Crippen LogP contribution in [0, 0.1) is 6.92 Å². The number of hydrogen-bond acceptors (Lipinski definition) is 5. The summed E-state index contributed by atoms with van der Waals surface area (Å²) < 4.78 is 5.66. The summed E-state index contributed by atoms with van der Waals surface area (Å²) in [5, 5.41) is 29.2. The van der Waals surface area contributed by atoms with Crippen LogP contribution in [-0.2, 0) is 0 Å². The Kier molecular flexibility index (Phi) is 3.07. The Morgan fingerprint density at radius 2 is 1.76 bits per heavy atom. The van der Waals surface area contributed by atoms with Gasteiger partial charge in [0, 0.05) is 6.07 Å².